The molecule has 0 spiro atoms. The molecule has 0 aromatic heterocycles. The van der Waals surface area contributed by atoms with Gasteiger partial charge in [-0.15, -0.1) is 0 Å². The van der Waals surface area contributed by atoms with Crippen LogP contribution >= 0.6 is 0 Å². The largest absolute Gasteiger partial charge is 0.497 e. The van der Waals surface area contributed by atoms with Gasteiger partial charge in [0.05, 0.1) is 13.7 Å². The molecule has 1 fully saturated rings. The molecule has 6 nitrogen and oxygen atoms in total. The second kappa shape index (κ2) is 6.68. The molecular formula is C21H26O6. The summed E-state index contributed by atoms with van der Waals surface area (Å²) in [5.41, 5.74) is -2.68. The molecular weight excluding hydrogens is 348 g/mol. The number of hydrogen-bond acceptors (Lipinski definition) is 6. The maximum Gasteiger partial charge on any atom is 0.354 e. The van der Waals surface area contributed by atoms with E-state index in [9.17, 15) is 9.59 Å². The number of esters is 1. The van der Waals surface area contributed by atoms with Crippen LogP contribution in [0.3, 0.4) is 0 Å². The molecule has 146 valence electrons. The topological polar surface area (TPSA) is 71.1 Å². The fourth-order valence-electron chi connectivity index (χ4n) is 3.52. The Labute approximate surface area is 159 Å². The van der Waals surface area contributed by atoms with E-state index < -0.39 is 22.8 Å². The van der Waals surface area contributed by atoms with Gasteiger partial charge in [-0.3, -0.25) is 4.79 Å². The molecule has 1 aromatic carbocycles. The summed E-state index contributed by atoms with van der Waals surface area (Å²) in [5.74, 6) is -0.127. The number of carbonyl (C=O) groups excluding carboxylic acids is 2. The zero-order valence-electron chi connectivity index (χ0n) is 16.5. The van der Waals surface area contributed by atoms with Crippen LogP contribution < -0.4 is 4.74 Å². The molecule has 0 amide bonds. The zero-order chi connectivity index (χ0) is 19.9. The minimum atomic E-state index is -1.85. The Morgan fingerprint density at radius 3 is 2.44 bits per heavy atom. The molecule has 0 saturated carbocycles. The SMILES string of the molecule is CCOC1=C[C@@]2(c3ccc(OC)cc3)CCC(=O)[C@]1(C(=O)OC(C)(C)C)O2. The van der Waals surface area contributed by atoms with Crippen molar-refractivity contribution in [2.45, 2.75) is 57.3 Å². The summed E-state index contributed by atoms with van der Waals surface area (Å²) in [6.07, 6.45) is 2.38. The fourth-order valence-corrected chi connectivity index (χ4v) is 3.52. The monoisotopic (exact) mass is 374 g/mol. The van der Waals surface area contributed by atoms with Crippen molar-refractivity contribution in [3.8, 4) is 5.75 Å². The van der Waals surface area contributed by atoms with Gasteiger partial charge in [0.2, 0.25) is 0 Å². The number of carbonyl (C=O) groups is 2. The van der Waals surface area contributed by atoms with Crippen LogP contribution in [0.15, 0.2) is 36.1 Å². The number of Topliss-reactive ketones (excluding diaryl/α,β-unsaturated/α-hetero) is 1. The van der Waals surface area contributed by atoms with Crippen LogP contribution in [-0.2, 0) is 29.4 Å². The lowest BCUT2D eigenvalue weighted by Gasteiger charge is -2.39. The Morgan fingerprint density at radius 1 is 1.22 bits per heavy atom. The first-order valence-corrected chi connectivity index (χ1v) is 9.14. The van der Waals surface area contributed by atoms with Crippen LogP contribution in [0, 0.1) is 0 Å². The molecule has 2 heterocycles. The van der Waals surface area contributed by atoms with Crippen molar-refractivity contribution in [1.82, 2.24) is 0 Å². The van der Waals surface area contributed by atoms with Gasteiger partial charge in [-0.1, -0.05) is 12.1 Å². The summed E-state index contributed by atoms with van der Waals surface area (Å²) < 4.78 is 22.7. The highest BCUT2D eigenvalue weighted by Crippen LogP contribution is 2.52. The lowest BCUT2D eigenvalue weighted by molar-refractivity contribution is -0.202. The number of methoxy groups -OCH3 is 1. The summed E-state index contributed by atoms with van der Waals surface area (Å²) in [4.78, 5) is 25.9. The lowest BCUT2D eigenvalue weighted by atomic mass is 9.85. The first-order chi connectivity index (χ1) is 12.7. The Bertz CT molecular complexity index is 773. The molecule has 3 rings (SSSR count). The quantitative estimate of drug-likeness (QED) is 0.582. The molecule has 0 aliphatic carbocycles. The van der Waals surface area contributed by atoms with Crippen molar-refractivity contribution >= 4 is 11.8 Å². The Kier molecular flexibility index (Phi) is 4.80. The molecule has 2 aliphatic rings. The van der Waals surface area contributed by atoms with Gasteiger partial charge >= 0.3 is 5.97 Å². The fraction of sp³-hybridized carbons (Fsp3) is 0.524. The minimum Gasteiger partial charge on any atom is -0.497 e. The highest BCUT2D eigenvalue weighted by molar-refractivity contribution is 6.11. The van der Waals surface area contributed by atoms with Crippen molar-refractivity contribution < 1.29 is 28.5 Å². The van der Waals surface area contributed by atoms with Crippen molar-refractivity contribution in [2.24, 2.45) is 0 Å². The molecule has 27 heavy (non-hydrogen) atoms. The number of benzene rings is 1. The van der Waals surface area contributed by atoms with E-state index in [0.29, 0.717) is 18.8 Å². The normalized spacial score (nSPS) is 27.1. The van der Waals surface area contributed by atoms with E-state index in [2.05, 4.69) is 0 Å². The van der Waals surface area contributed by atoms with E-state index in [1.54, 1.807) is 40.9 Å². The molecule has 0 radical (unpaired) electrons. The smallest absolute Gasteiger partial charge is 0.354 e. The highest BCUT2D eigenvalue weighted by Gasteiger charge is 2.65. The number of fused-ring (bicyclic) bond motifs is 2. The van der Waals surface area contributed by atoms with Crippen LogP contribution in [0.1, 0.15) is 46.1 Å². The predicted molar refractivity (Wildman–Crippen MR) is 98.3 cm³/mol. The average molecular weight is 374 g/mol. The Morgan fingerprint density at radius 2 is 1.89 bits per heavy atom. The maximum absolute atomic E-state index is 13.1. The van der Waals surface area contributed by atoms with E-state index >= 15 is 0 Å². The summed E-state index contributed by atoms with van der Waals surface area (Å²) in [6.45, 7) is 7.38. The van der Waals surface area contributed by atoms with Gasteiger partial charge in [-0.05, 0) is 57.9 Å². The summed E-state index contributed by atoms with van der Waals surface area (Å²) >= 11 is 0. The van der Waals surface area contributed by atoms with Crippen LogP contribution in [0.4, 0.5) is 0 Å². The molecule has 2 atom stereocenters. The van der Waals surface area contributed by atoms with E-state index in [-0.39, 0.29) is 18.0 Å². The van der Waals surface area contributed by atoms with Crippen LogP contribution in [0.25, 0.3) is 0 Å². The van der Waals surface area contributed by atoms with Crippen LogP contribution in [-0.4, -0.2) is 36.7 Å². The van der Waals surface area contributed by atoms with Crippen LogP contribution in [0.2, 0.25) is 0 Å². The van der Waals surface area contributed by atoms with Crippen molar-refractivity contribution in [3.05, 3.63) is 41.7 Å². The van der Waals surface area contributed by atoms with E-state index in [4.69, 9.17) is 18.9 Å². The van der Waals surface area contributed by atoms with Gasteiger partial charge in [0, 0.05) is 6.42 Å². The molecule has 2 bridgehead atoms. The van der Waals surface area contributed by atoms with Crippen LogP contribution in [0.5, 0.6) is 5.75 Å². The first kappa shape index (κ1) is 19.4. The van der Waals surface area contributed by atoms with Crippen molar-refractivity contribution in [1.29, 1.82) is 0 Å². The lowest BCUT2D eigenvalue weighted by Crippen LogP contribution is -2.56. The predicted octanol–water partition coefficient (Wildman–Crippen LogP) is 3.28. The molecule has 1 aromatic rings. The number of rotatable bonds is 5. The average Bonchev–Trinajstić information content (AvgIpc) is 2.90. The summed E-state index contributed by atoms with van der Waals surface area (Å²) in [7, 11) is 1.60. The second-order valence-electron chi connectivity index (χ2n) is 7.77. The number of ketones is 1. The number of hydrogen-bond donors (Lipinski definition) is 0. The summed E-state index contributed by atoms with van der Waals surface area (Å²) in [5, 5.41) is 0. The second-order valence-corrected chi connectivity index (χ2v) is 7.77. The highest BCUT2D eigenvalue weighted by atomic mass is 16.6. The number of ether oxygens (including phenoxy) is 4. The molecule has 0 N–H and O–H groups in total. The molecule has 0 unspecified atom stereocenters. The third-order valence-electron chi connectivity index (χ3n) is 4.73. The zero-order valence-corrected chi connectivity index (χ0v) is 16.5. The maximum atomic E-state index is 13.1. The van der Waals surface area contributed by atoms with Gasteiger partial charge in [0.25, 0.3) is 5.60 Å². The van der Waals surface area contributed by atoms with Crippen molar-refractivity contribution in [3.63, 3.8) is 0 Å². The molecule has 2 aliphatic heterocycles. The van der Waals surface area contributed by atoms with Gasteiger partial charge < -0.3 is 18.9 Å². The third kappa shape index (κ3) is 3.23. The van der Waals surface area contributed by atoms with Gasteiger partial charge in [-0.25, -0.2) is 4.79 Å². The molecule has 6 heteroatoms. The van der Waals surface area contributed by atoms with Gasteiger partial charge in [0.15, 0.2) is 5.78 Å². The van der Waals surface area contributed by atoms with Gasteiger partial charge in [-0.2, -0.15) is 0 Å². The van der Waals surface area contributed by atoms with Gasteiger partial charge in [0.1, 0.15) is 22.7 Å². The Hall–Kier alpha value is -2.34. The standard InChI is InChI=1S/C21H26O6/c1-6-25-17-13-20(14-7-9-15(24-5)10-8-14)12-11-16(22)21(17,27-20)18(23)26-19(2,3)4/h7-10,13H,6,11-12H2,1-5H3/t20-,21+/m1/s1. The molecule has 1 saturated heterocycles. The minimum absolute atomic E-state index is 0.193. The summed E-state index contributed by atoms with van der Waals surface area (Å²) in [6, 6.07) is 7.40. The third-order valence-corrected chi connectivity index (χ3v) is 4.73. The van der Waals surface area contributed by atoms with E-state index in [1.165, 1.54) is 0 Å². The Balaban J connectivity index is 2.07. The first-order valence-electron chi connectivity index (χ1n) is 9.14. The van der Waals surface area contributed by atoms with E-state index in [0.717, 1.165) is 5.56 Å². The van der Waals surface area contributed by atoms with Crippen molar-refractivity contribution in [2.75, 3.05) is 13.7 Å². The van der Waals surface area contributed by atoms with E-state index in [1.807, 2.05) is 24.3 Å².